The maximum absolute atomic E-state index is 11.8. The second-order valence-corrected chi connectivity index (χ2v) is 4.55. The van der Waals surface area contributed by atoms with E-state index >= 15 is 0 Å². The number of aliphatic hydroxyl groups excluding tert-OH is 1. The average molecular weight is 259 g/mol. The molecule has 1 atom stereocenters. The number of aromatic nitrogens is 2. The van der Waals surface area contributed by atoms with Gasteiger partial charge in [0.2, 0.25) is 18.2 Å². The first-order valence-corrected chi connectivity index (χ1v) is 6.06. The van der Waals surface area contributed by atoms with Crippen LogP contribution in [0.4, 0.5) is 5.69 Å². The number of nitrogens with zero attached hydrogens (tertiary/aromatic N) is 3. The minimum atomic E-state index is 0.0307. The monoisotopic (exact) mass is 259 g/mol. The van der Waals surface area contributed by atoms with Crippen LogP contribution < -0.4 is 4.90 Å². The lowest BCUT2D eigenvalue weighted by molar-refractivity contribution is -0.117. The number of benzene rings is 1. The Kier molecular flexibility index (Phi) is 3.00. The first-order chi connectivity index (χ1) is 9.28. The molecule has 3 rings (SSSR count). The van der Waals surface area contributed by atoms with Gasteiger partial charge in [0.1, 0.15) is 0 Å². The van der Waals surface area contributed by atoms with Crippen molar-refractivity contribution in [3.8, 4) is 11.5 Å². The molecule has 0 spiro atoms. The van der Waals surface area contributed by atoms with Crippen molar-refractivity contribution < 1.29 is 14.3 Å². The molecule has 1 aliphatic heterocycles. The summed E-state index contributed by atoms with van der Waals surface area (Å²) >= 11 is 0. The predicted molar refractivity (Wildman–Crippen MR) is 67.3 cm³/mol. The van der Waals surface area contributed by atoms with E-state index in [0.717, 1.165) is 11.3 Å². The first-order valence-electron chi connectivity index (χ1n) is 6.06. The van der Waals surface area contributed by atoms with Gasteiger partial charge in [-0.25, -0.2) is 0 Å². The van der Waals surface area contributed by atoms with Gasteiger partial charge in [0.05, 0.1) is 0 Å². The maximum Gasteiger partial charge on any atom is 0.247 e. The summed E-state index contributed by atoms with van der Waals surface area (Å²) in [5, 5.41) is 16.6. The molecule has 0 radical (unpaired) electrons. The Morgan fingerprint density at radius 1 is 1.37 bits per heavy atom. The molecule has 1 fully saturated rings. The normalized spacial score (nSPS) is 19.1. The highest BCUT2D eigenvalue weighted by atomic mass is 16.4. The standard InChI is InChI=1S/C13H13N3O3/c17-7-9-5-12(18)16(6-9)11-3-1-10(2-4-11)13-15-14-8-19-13/h1-4,8-9,17H,5-7H2. The van der Waals surface area contributed by atoms with Crippen LogP contribution in [0.1, 0.15) is 6.42 Å². The SMILES string of the molecule is O=C1CC(CO)CN1c1ccc(-c2nnco2)cc1. The highest BCUT2D eigenvalue weighted by Gasteiger charge is 2.29. The van der Waals surface area contributed by atoms with E-state index in [0.29, 0.717) is 18.9 Å². The second-order valence-electron chi connectivity index (χ2n) is 4.55. The Bertz CT molecular complexity index is 565. The highest BCUT2D eigenvalue weighted by Crippen LogP contribution is 2.27. The summed E-state index contributed by atoms with van der Waals surface area (Å²) in [6, 6.07) is 7.36. The van der Waals surface area contributed by atoms with Gasteiger partial charge >= 0.3 is 0 Å². The Morgan fingerprint density at radius 3 is 2.74 bits per heavy atom. The highest BCUT2D eigenvalue weighted by molar-refractivity contribution is 5.95. The van der Waals surface area contributed by atoms with E-state index in [1.165, 1.54) is 6.39 Å². The third-order valence-electron chi connectivity index (χ3n) is 3.25. The lowest BCUT2D eigenvalue weighted by Crippen LogP contribution is -2.24. The van der Waals surface area contributed by atoms with Gasteiger partial charge in [0.25, 0.3) is 0 Å². The van der Waals surface area contributed by atoms with Crippen LogP contribution in [0.2, 0.25) is 0 Å². The van der Waals surface area contributed by atoms with Crippen molar-refractivity contribution in [2.75, 3.05) is 18.1 Å². The number of rotatable bonds is 3. The molecular weight excluding hydrogens is 246 g/mol. The summed E-state index contributed by atoms with van der Waals surface area (Å²) < 4.78 is 5.10. The van der Waals surface area contributed by atoms with Crippen molar-refractivity contribution >= 4 is 11.6 Å². The zero-order chi connectivity index (χ0) is 13.2. The van der Waals surface area contributed by atoms with Crippen molar-refractivity contribution in [1.29, 1.82) is 0 Å². The third-order valence-corrected chi connectivity index (χ3v) is 3.25. The molecule has 1 aromatic carbocycles. The molecule has 6 nitrogen and oxygen atoms in total. The topological polar surface area (TPSA) is 79.5 Å². The molecule has 1 saturated heterocycles. The van der Waals surface area contributed by atoms with Crippen molar-refractivity contribution in [1.82, 2.24) is 10.2 Å². The van der Waals surface area contributed by atoms with Gasteiger partial charge < -0.3 is 14.4 Å². The van der Waals surface area contributed by atoms with Crippen LogP contribution in [0.15, 0.2) is 35.1 Å². The molecule has 1 N–H and O–H groups in total. The van der Waals surface area contributed by atoms with Crippen LogP contribution in [0, 0.1) is 5.92 Å². The number of hydrogen-bond donors (Lipinski definition) is 1. The molecule has 0 aliphatic carbocycles. The van der Waals surface area contributed by atoms with E-state index in [1.54, 1.807) is 4.90 Å². The molecule has 1 unspecified atom stereocenters. The van der Waals surface area contributed by atoms with Crippen LogP contribution >= 0.6 is 0 Å². The second kappa shape index (κ2) is 4.81. The van der Waals surface area contributed by atoms with E-state index in [1.807, 2.05) is 24.3 Å². The van der Waals surface area contributed by atoms with Crippen molar-refractivity contribution in [3.63, 3.8) is 0 Å². The molecule has 98 valence electrons. The van der Waals surface area contributed by atoms with Gasteiger partial charge in [-0.1, -0.05) is 0 Å². The van der Waals surface area contributed by atoms with E-state index in [2.05, 4.69) is 10.2 Å². The van der Waals surface area contributed by atoms with Gasteiger partial charge in [-0.15, -0.1) is 10.2 Å². The Hall–Kier alpha value is -2.21. The largest absolute Gasteiger partial charge is 0.423 e. The Morgan fingerprint density at radius 2 is 2.16 bits per heavy atom. The molecule has 0 bridgehead atoms. The number of amides is 1. The number of carbonyl (C=O) groups is 1. The summed E-state index contributed by atoms with van der Waals surface area (Å²) in [6.07, 6.45) is 1.68. The lowest BCUT2D eigenvalue weighted by Gasteiger charge is -2.16. The summed E-state index contributed by atoms with van der Waals surface area (Å²) in [5.74, 6) is 0.528. The van der Waals surface area contributed by atoms with Gasteiger partial charge in [-0.3, -0.25) is 4.79 Å². The van der Waals surface area contributed by atoms with Gasteiger partial charge in [-0.05, 0) is 24.3 Å². The number of carbonyl (C=O) groups excluding carboxylic acids is 1. The Labute approximate surface area is 109 Å². The summed E-state index contributed by atoms with van der Waals surface area (Å²) in [4.78, 5) is 13.5. The maximum atomic E-state index is 11.8. The smallest absolute Gasteiger partial charge is 0.247 e. The number of hydrogen-bond acceptors (Lipinski definition) is 5. The fourth-order valence-corrected chi connectivity index (χ4v) is 2.24. The predicted octanol–water partition coefficient (Wildman–Crippen LogP) is 1.08. The first kappa shape index (κ1) is 11.9. The fraction of sp³-hybridized carbons (Fsp3) is 0.308. The zero-order valence-electron chi connectivity index (χ0n) is 10.2. The molecule has 1 amide bonds. The lowest BCUT2D eigenvalue weighted by atomic mass is 10.1. The van der Waals surface area contributed by atoms with Crippen LogP contribution in [0.5, 0.6) is 0 Å². The van der Waals surface area contributed by atoms with Gasteiger partial charge in [0.15, 0.2) is 0 Å². The van der Waals surface area contributed by atoms with Crippen LogP contribution in [-0.4, -0.2) is 34.4 Å². The molecule has 1 aromatic heterocycles. The summed E-state index contributed by atoms with van der Waals surface area (Å²) in [5.41, 5.74) is 1.64. The summed E-state index contributed by atoms with van der Waals surface area (Å²) in [6.45, 7) is 0.609. The minimum absolute atomic E-state index is 0.0307. The van der Waals surface area contributed by atoms with E-state index < -0.39 is 0 Å². The fourth-order valence-electron chi connectivity index (χ4n) is 2.24. The Balaban J connectivity index is 1.81. The van der Waals surface area contributed by atoms with E-state index in [4.69, 9.17) is 9.52 Å². The van der Waals surface area contributed by atoms with Crippen molar-refractivity contribution in [2.45, 2.75) is 6.42 Å². The van der Waals surface area contributed by atoms with Crippen molar-refractivity contribution in [3.05, 3.63) is 30.7 Å². The zero-order valence-corrected chi connectivity index (χ0v) is 10.2. The van der Waals surface area contributed by atoms with Crippen LogP contribution in [-0.2, 0) is 4.79 Å². The molecule has 2 aromatic rings. The number of aliphatic hydroxyl groups is 1. The minimum Gasteiger partial charge on any atom is -0.423 e. The molecule has 6 heteroatoms. The van der Waals surface area contributed by atoms with E-state index in [9.17, 15) is 4.79 Å². The average Bonchev–Trinajstić information content (AvgIpc) is 3.08. The van der Waals surface area contributed by atoms with Gasteiger partial charge in [0, 0.05) is 36.7 Å². The molecule has 1 aliphatic rings. The molecule has 0 saturated carbocycles. The summed E-state index contributed by atoms with van der Waals surface area (Å²) in [7, 11) is 0. The molecule has 2 heterocycles. The molecular formula is C13H13N3O3. The van der Waals surface area contributed by atoms with E-state index in [-0.39, 0.29) is 18.4 Å². The van der Waals surface area contributed by atoms with Crippen LogP contribution in [0.25, 0.3) is 11.5 Å². The third kappa shape index (κ3) is 2.22. The van der Waals surface area contributed by atoms with Crippen molar-refractivity contribution in [2.24, 2.45) is 5.92 Å². The van der Waals surface area contributed by atoms with Crippen LogP contribution in [0.3, 0.4) is 0 Å². The molecule has 19 heavy (non-hydrogen) atoms. The quantitative estimate of drug-likeness (QED) is 0.892. The van der Waals surface area contributed by atoms with Gasteiger partial charge in [-0.2, -0.15) is 0 Å². The number of anilines is 1.